The van der Waals surface area contributed by atoms with Crippen molar-refractivity contribution in [3.63, 3.8) is 0 Å². The van der Waals surface area contributed by atoms with E-state index in [9.17, 15) is 14.9 Å². The van der Waals surface area contributed by atoms with E-state index in [0.29, 0.717) is 23.3 Å². The number of nitro benzene ring substituents is 1. The van der Waals surface area contributed by atoms with E-state index >= 15 is 0 Å². The van der Waals surface area contributed by atoms with Crippen LogP contribution in [0.3, 0.4) is 0 Å². The summed E-state index contributed by atoms with van der Waals surface area (Å²) in [5.74, 6) is 0. The molecule has 0 atom stereocenters. The van der Waals surface area contributed by atoms with Crippen molar-refractivity contribution in [1.82, 2.24) is 14.5 Å². The molecule has 0 spiro atoms. The largest absolute Gasteiger partial charge is 0.271 e. The van der Waals surface area contributed by atoms with Gasteiger partial charge in [0, 0.05) is 47.6 Å². The normalized spacial score (nSPS) is 10.8. The molecule has 0 amide bonds. The maximum absolute atomic E-state index is 13.2. The zero-order valence-electron chi connectivity index (χ0n) is 14.1. The van der Waals surface area contributed by atoms with Crippen molar-refractivity contribution in [2.75, 3.05) is 0 Å². The van der Waals surface area contributed by atoms with Crippen LogP contribution in [0.1, 0.15) is 11.3 Å². The molecule has 1 aromatic carbocycles. The Labute approximate surface area is 153 Å². The highest BCUT2D eigenvalue weighted by Crippen LogP contribution is 2.20. The molecule has 0 N–H and O–H groups in total. The first kappa shape index (κ1) is 16.6. The van der Waals surface area contributed by atoms with Crippen LogP contribution in [0.15, 0.2) is 77.9 Å². The second kappa shape index (κ2) is 6.80. The second-order valence-corrected chi connectivity index (χ2v) is 6.00. The monoisotopic (exact) mass is 358 g/mol. The topological polar surface area (TPSA) is 90.9 Å². The standard InChI is InChI=1S/C20H14N4O3/c25-20-15(12-16-6-1-2-9-21-16)11-14-5-4-10-22-19(14)23(20)17-7-3-8-18(13-17)24(26)27/h1-11,13H,12H2. The van der Waals surface area contributed by atoms with Gasteiger partial charge in [-0.2, -0.15) is 0 Å². The third-order valence-electron chi connectivity index (χ3n) is 4.23. The number of nitro groups is 1. The summed E-state index contributed by atoms with van der Waals surface area (Å²) in [4.78, 5) is 32.4. The molecule has 3 heterocycles. The fourth-order valence-corrected chi connectivity index (χ4v) is 3.01. The molecule has 7 heteroatoms. The van der Waals surface area contributed by atoms with E-state index in [1.807, 2.05) is 24.3 Å². The lowest BCUT2D eigenvalue weighted by Gasteiger charge is -2.12. The van der Waals surface area contributed by atoms with E-state index in [2.05, 4.69) is 9.97 Å². The van der Waals surface area contributed by atoms with Gasteiger partial charge in [-0.3, -0.25) is 24.5 Å². The molecule has 0 bridgehead atoms. The molecule has 4 aromatic rings. The number of non-ortho nitro benzene ring substituents is 1. The van der Waals surface area contributed by atoms with Crippen LogP contribution in [0.2, 0.25) is 0 Å². The van der Waals surface area contributed by atoms with Gasteiger partial charge in [0.25, 0.3) is 11.2 Å². The SMILES string of the molecule is O=c1c(Cc2ccccn2)cc2cccnc2n1-c1cccc([N+](=O)[O-])c1. The third-order valence-corrected chi connectivity index (χ3v) is 4.23. The number of hydrogen-bond acceptors (Lipinski definition) is 5. The molecule has 0 unspecified atom stereocenters. The van der Waals surface area contributed by atoms with Gasteiger partial charge >= 0.3 is 0 Å². The van der Waals surface area contributed by atoms with Gasteiger partial charge in [0.15, 0.2) is 0 Å². The fourth-order valence-electron chi connectivity index (χ4n) is 3.01. The number of pyridine rings is 3. The number of hydrogen-bond donors (Lipinski definition) is 0. The second-order valence-electron chi connectivity index (χ2n) is 6.00. The lowest BCUT2D eigenvalue weighted by molar-refractivity contribution is -0.384. The third kappa shape index (κ3) is 3.18. The van der Waals surface area contributed by atoms with Crippen LogP contribution in [0.4, 0.5) is 5.69 Å². The van der Waals surface area contributed by atoms with E-state index in [0.717, 1.165) is 11.1 Å². The highest BCUT2D eigenvalue weighted by Gasteiger charge is 2.15. The highest BCUT2D eigenvalue weighted by molar-refractivity contribution is 5.77. The Morgan fingerprint density at radius 2 is 1.81 bits per heavy atom. The summed E-state index contributed by atoms with van der Waals surface area (Å²) in [6.07, 6.45) is 3.63. The number of rotatable bonds is 4. The Bertz CT molecular complexity index is 1200. The minimum absolute atomic E-state index is 0.0846. The van der Waals surface area contributed by atoms with Gasteiger partial charge in [-0.15, -0.1) is 0 Å². The average molecular weight is 358 g/mol. The smallest absolute Gasteiger partial charge is 0.269 e. The van der Waals surface area contributed by atoms with Crippen LogP contribution >= 0.6 is 0 Å². The molecule has 27 heavy (non-hydrogen) atoms. The first-order chi connectivity index (χ1) is 13.1. The van der Waals surface area contributed by atoms with Gasteiger partial charge in [0.1, 0.15) is 5.65 Å². The molecule has 0 saturated heterocycles. The maximum atomic E-state index is 13.2. The van der Waals surface area contributed by atoms with Crippen molar-refractivity contribution in [1.29, 1.82) is 0 Å². The van der Waals surface area contributed by atoms with Crippen molar-refractivity contribution < 1.29 is 4.92 Å². The van der Waals surface area contributed by atoms with Crippen LogP contribution in [-0.4, -0.2) is 19.5 Å². The van der Waals surface area contributed by atoms with Crippen LogP contribution in [0.5, 0.6) is 0 Å². The Kier molecular flexibility index (Phi) is 4.18. The Hall–Kier alpha value is -3.87. The lowest BCUT2D eigenvalue weighted by atomic mass is 10.1. The molecule has 0 saturated carbocycles. The van der Waals surface area contributed by atoms with Crippen LogP contribution in [-0.2, 0) is 6.42 Å². The fraction of sp³-hybridized carbons (Fsp3) is 0.0500. The van der Waals surface area contributed by atoms with Crippen molar-refractivity contribution in [2.24, 2.45) is 0 Å². The minimum Gasteiger partial charge on any atom is -0.269 e. The van der Waals surface area contributed by atoms with Crippen molar-refractivity contribution in [2.45, 2.75) is 6.42 Å². The quantitative estimate of drug-likeness (QED) is 0.412. The first-order valence-electron chi connectivity index (χ1n) is 8.28. The summed E-state index contributed by atoms with van der Waals surface area (Å²) < 4.78 is 1.42. The summed E-state index contributed by atoms with van der Waals surface area (Å²) in [6.45, 7) is 0. The molecule has 0 radical (unpaired) electrons. The van der Waals surface area contributed by atoms with Gasteiger partial charge in [0.2, 0.25) is 0 Å². The predicted molar refractivity (Wildman–Crippen MR) is 101 cm³/mol. The Morgan fingerprint density at radius 3 is 2.59 bits per heavy atom. The van der Waals surface area contributed by atoms with Gasteiger partial charge in [0.05, 0.1) is 10.6 Å². The zero-order valence-corrected chi connectivity index (χ0v) is 14.1. The zero-order chi connectivity index (χ0) is 18.8. The molecule has 3 aromatic heterocycles. The van der Waals surface area contributed by atoms with E-state index in [-0.39, 0.29) is 11.2 Å². The summed E-state index contributed by atoms with van der Waals surface area (Å²) in [7, 11) is 0. The van der Waals surface area contributed by atoms with E-state index in [4.69, 9.17) is 0 Å². The molecule has 132 valence electrons. The van der Waals surface area contributed by atoms with E-state index in [1.165, 1.54) is 16.7 Å². The number of benzene rings is 1. The van der Waals surface area contributed by atoms with Crippen LogP contribution in [0, 0.1) is 10.1 Å². The van der Waals surface area contributed by atoms with E-state index in [1.54, 1.807) is 36.7 Å². The van der Waals surface area contributed by atoms with Crippen molar-refractivity contribution in [3.8, 4) is 5.69 Å². The number of nitrogens with zero attached hydrogens (tertiary/aromatic N) is 4. The molecule has 7 nitrogen and oxygen atoms in total. The number of aromatic nitrogens is 3. The first-order valence-corrected chi connectivity index (χ1v) is 8.28. The van der Waals surface area contributed by atoms with Gasteiger partial charge in [-0.1, -0.05) is 12.1 Å². The molecule has 0 fully saturated rings. The highest BCUT2D eigenvalue weighted by atomic mass is 16.6. The van der Waals surface area contributed by atoms with Crippen molar-refractivity contribution >= 4 is 16.7 Å². The number of fused-ring (bicyclic) bond motifs is 1. The summed E-state index contributed by atoms with van der Waals surface area (Å²) in [6, 6.07) is 17.0. The summed E-state index contributed by atoms with van der Waals surface area (Å²) in [5.41, 5.74) is 1.81. The molecule has 0 aliphatic rings. The van der Waals surface area contributed by atoms with Crippen molar-refractivity contribution in [3.05, 3.63) is 105 Å². The Morgan fingerprint density at radius 1 is 0.963 bits per heavy atom. The van der Waals surface area contributed by atoms with Gasteiger partial charge < -0.3 is 0 Å². The molecular formula is C20H14N4O3. The van der Waals surface area contributed by atoms with Crippen LogP contribution in [0.25, 0.3) is 16.7 Å². The van der Waals surface area contributed by atoms with E-state index < -0.39 is 4.92 Å². The molecular weight excluding hydrogens is 344 g/mol. The van der Waals surface area contributed by atoms with Crippen LogP contribution < -0.4 is 5.56 Å². The maximum Gasteiger partial charge on any atom is 0.271 e. The lowest BCUT2D eigenvalue weighted by Crippen LogP contribution is -2.23. The average Bonchev–Trinajstić information content (AvgIpc) is 2.69. The molecule has 0 aliphatic carbocycles. The predicted octanol–water partition coefficient (Wildman–Crippen LogP) is 3.28. The Balaban J connectivity index is 1.96. The summed E-state index contributed by atoms with van der Waals surface area (Å²) in [5, 5.41) is 11.9. The van der Waals surface area contributed by atoms with Gasteiger partial charge in [-0.25, -0.2) is 4.98 Å². The molecule has 4 rings (SSSR count). The van der Waals surface area contributed by atoms with Gasteiger partial charge in [-0.05, 0) is 36.4 Å². The summed E-state index contributed by atoms with van der Waals surface area (Å²) >= 11 is 0. The molecule has 0 aliphatic heterocycles. The minimum atomic E-state index is -0.484.